The highest BCUT2D eigenvalue weighted by Gasteiger charge is 2.65. The van der Waals surface area contributed by atoms with Crippen LogP contribution in [0.15, 0.2) is 35.9 Å². The van der Waals surface area contributed by atoms with E-state index in [1.807, 2.05) is 6.08 Å². The van der Waals surface area contributed by atoms with Crippen molar-refractivity contribution in [1.82, 2.24) is 4.90 Å². The number of nitrogens with zero attached hydrogens (tertiary/aromatic N) is 1. The Morgan fingerprint density at radius 3 is 3.12 bits per heavy atom. The van der Waals surface area contributed by atoms with Crippen LogP contribution in [0.25, 0.3) is 0 Å². The number of rotatable bonds is 3. The first-order chi connectivity index (χ1) is 12.6. The summed E-state index contributed by atoms with van der Waals surface area (Å²) >= 11 is 0. The molecule has 1 aromatic rings. The third-order valence-electron chi connectivity index (χ3n) is 7.26. The highest BCUT2D eigenvalue weighted by Crippen LogP contribution is 2.61. The van der Waals surface area contributed by atoms with Crippen LogP contribution in [-0.4, -0.2) is 54.4 Å². The van der Waals surface area contributed by atoms with Crippen molar-refractivity contribution < 1.29 is 14.6 Å². The van der Waals surface area contributed by atoms with E-state index in [1.165, 1.54) is 23.7 Å². The molecule has 1 saturated carbocycles. The molecule has 3 heterocycles. The molecule has 5 heteroatoms. The van der Waals surface area contributed by atoms with Crippen molar-refractivity contribution in [1.29, 1.82) is 0 Å². The summed E-state index contributed by atoms with van der Waals surface area (Å²) in [6, 6.07) is 9.51. The zero-order chi connectivity index (χ0) is 17.9. The lowest BCUT2D eigenvalue weighted by molar-refractivity contribution is -0.144. The second-order valence-corrected chi connectivity index (χ2v) is 8.21. The Morgan fingerprint density at radius 2 is 2.31 bits per heavy atom. The van der Waals surface area contributed by atoms with Crippen LogP contribution in [0.3, 0.4) is 0 Å². The van der Waals surface area contributed by atoms with Crippen molar-refractivity contribution in [2.45, 2.75) is 37.3 Å². The molecule has 0 aromatic heterocycles. The summed E-state index contributed by atoms with van der Waals surface area (Å²) in [6.07, 6.45) is 4.21. The summed E-state index contributed by atoms with van der Waals surface area (Å²) < 4.78 is 5.53. The highest BCUT2D eigenvalue weighted by atomic mass is 16.5. The number of carbonyl (C=O) groups is 1. The first-order valence-electron chi connectivity index (χ1n) is 9.68. The fraction of sp³-hybridized carbons (Fsp3) is 0.571. The van der Waals surface area contributed by atoms with Crippen molar-refractivity contribution in [3.8, 4) is 0 Å². The van der Waals surface area contributed by atoms with E-state index in [0.29, 0.717) is 18.6 Å². The maximum absolute atomic E-state index is 11.5. The van der Waals surface area contributed by atoms with Gasteiger partial charge in [-0.05, 0) is 36.9 Å². The Bertz CT molecular complexity index is 776. The highest BCUT2D eigenvalue weighted by molar-refractivity contribution is 5.67. The topological polar surface area (TPSA) is 61.8 Å². The third kappa shape index (κ3) is 2.07. The molecule has 1 unspecified atom stereocenters. The normalized spacial score (nSPS) is 38.6. The number of fused-ring (bicyclic) bond motifs is 2. The first kappa shape index (κ1) is 16.3. The molecule has 3 fully saturated rings. The molecule has 1 spiro atoms. The second-order valence-electron chi connectivity index (χ2n) is 8.21. The van der Waals surface area contributed by atoms with Gasteiger partial charge in [-0.3, -0.25) is 9.69 Å². The Balaban J connectivity index is 1.61. The molecule has 2 N–H and O–H groups in total. The van der Waals surface area contributed by atoms with Crippen molar-refractivity contribution in [3.05, 3.63) is 41.5 Å². The predicted molar refractivity (Wildman–Crippen MR) is 98.9 cm³/mol. The number of para-hydroxylation sites is 1. The molecule has 1 aliphatic carbocycles. The van der Waals surface area contributed by atoms with Crippen LogP contribution in [-0.2, 0) is 14.9 Å². The Labute approximate surface area is 154 Å². The SMILES string of the molecule is CC(=O)OC[C@@H]1[C@H]2C[C@@H]3N(CCC34c3ccccc3N[C@@H]14)C/C2=C/CO. The third-order valence-corrected chi connectivity index (χ3v) is 7.26. The molecule has 4 aliphatic rings. The minimum atomic E-state index is -0.215. The van der Waals surface area contributed by atoms with E-state index in [9.17, 15) is 9.90 Å². The van der Waals surface area contributed by atoms with Gasteiger partial charge in [0.05, 0.1) is 13.2 Å². The van der Waals surface area contributed by atoms with Gasteiger partial charge in [-0.1, -0.05) is 29.8 Å². The average molecular weight is 354 g/mol. The maximum Gasteiger partial charge on any atom is 0.302 e. The average Bonchev–Trinajstić information content (AvgIpc) is 3.18. The van der Waals surface area contributed by atoms with Gasteiger partial charge in [-0.25, -0.2) is 0 Å². The second kappa shape index (κ2) is 5.83. The van der Waals surface area contributed by atoms with Crippen molar-refractivity contribution in [2.75, 3.05) is 31.6 Å². The van der Waals surface area contributed by atoms with Gasteiger partial charge in [0, 0.05) is 42.6 Å². The van der Waals surface area contributed by atoms with Crippen molar-refractivity contribution >= 4 is 11.7 Å². The molecule has 3 aliphatic heterocycles. The number of benzene rings is 1. The molecule has 1 aromatic carbocycles. The number of aliphatic hydroxyl groups excluding tert-OH is 1. The standard InChI is InChI=1S/C21H26N2O3/c1-13(25)26-12-16-15-10-19-21(7-8-23(19)11-14(15)6-9-24)17-4-2-3-5-18(17)22-20(16)21/h2-6,15-16,19-20,22,24H,7-12H2,1H3/b14-6-/t15-,16+,19-,20-,21?/m0/s1. The molecule has 2 bridgehead atoms. The predicted octanol–water partition coefficient (Wildman–Crippen LogP) is 1.92. The lowest BCUT2D eigenvalue weighted by Crippen LogP contribution is -2.62. The lowest BCUT2D eigenvalue weighted by atomic mass is 9.56. The van der Waals surface area contributed by atoms with E-state index < -0.39 is 0 Å². The molecule has 0 radical (unpaired) electrons. The maximum atomic E-state index is 11.5. The molecule has 5 nitrogen and oxygen atoms in total. The number of nitrogens with one attached hydrogen (secondary N) is 1. The van der Waals surface area contributed by atoms with Crippen molar-refractivity contribution in [3.63, 3.8) is 0 Å². The number of ether oxygens (including phenoxy) is 1. The number of esters is 1. The summed E-state index contributed by atoms with van der Waals surface area (Å²) in [5.41, 5.74) is 4.11. The summed E-state index contributed by atoms with van der Waals surface area (Å²) in [5.74, 6) is 0.384. The van der Waals surface area contributed by atoms with E-state index in [0.717, 1.165) is 25.9 Å². The van der Waals surface area contributed by atoms with E-state index in [2.05, 4.69) is 34.5 Å². The molecule has 5 atom stereocenters. The smallest absolute Gasteiger partial charge is 0.302 e. The van der Waals surface area contributed by atoms with Gasteiger partial charge in [-0.2, -0.15) is 0 Å². The van der Waals surface area contributed by atoms with Gasteiger partial charge in [-0.15, -0.1) is 0 Å². The van der Waals surface area contributed by atoms with Crippen LogP contribution in [0.5, 0.6) is 0 Å². The van der Waals surface area contributed by atoms with E-state index in [4.69, 9.17) is 4.74 Å². The Morgan fingerprint density at radius 1 is 1.46 bits per heavy atom. The van der Waals surface area contributed by atoms with E-state index >= 15 is 0 Å². The van der Waals surface area contributed by atoms with E-state index in [-0.39, 0.29) is 30.0 Å². The molecule has 5 rings (SSSR count). The molecular formula is C21H26N2O3. The fourth-order valence-electron chi connectivity index (χ4n) is 6.36. The van der Waals surface area contributed by atoms with Crippen LogP contribution < -0.4 is 5.32 Å². The van der Waals surface area contributed by atoms with Crippen LogP contribution >= 0.6 is 0 Å². The van der Waals surface area contributed by atoms with Crippen LogP contribution in [0.4, 0.5) is 5.69 Å². The fourth-order valence-corrected chi connectivity index (χ4v) is 6.36. The van der Waals surface area contributed by atoms with Crippen molar-refractivity contribution in [2.24, 2.45) is 11.8 Å². The number of hydrogen-bond donors (Lipinski definition) is 2. The summed E-state index contributed by atoms with van der Waals surface area (Å²) in [7, 11) is 0. The largest absolute Gasteiger partial charge is 0.465 e. The molecular weight excluding hydrogens is 328 g/mol. The molecule has 138 valence electrons. The molecule has 26 heavy (non-hydrogen) atoms. The molecule has 0 amide bonds. The van der Waals surface area contributed by atoms with Crippen LogP contribution in [0.2, 0.25) is 0 Å². The van der Waals surface area contributed by atoms with Gasteiger partial charge in [0.1, 0.15) is 0 Å². The van der Waals surface area contributed by atoms with Gasteiger partial charge in [0.15, 0.2) is 0 Å². The number of hydrogen-bond acceptors (Lipinski definition) is 5. The number of piperidine rings is 1. The van der Waals surface area contributed by atoms with Gasteiger partial charge < -0.3 is 15.2 Å². The lowest BCUT2D eigenvalue weighted by Gasteiger charge is -2.54. The Hall–Kier alpha value is -1.85. The van der Waals surface area contributed by atoms with Gasteiger partial charge in [0.25, 0.3) is 0 Å². The summed E-state index contributed by atoms with van der Waals surface area (Å²) in [6.45, 7) is 4.04. The van der Waals surface area contributed by atoms with Crippen LogP contribution in [0, 0.1) is 11.8 Å². The number of carbonyl (C=O) groups excluding carboxylic acids is 1. The van der Waals surface area contributed by atoms with Gasteiger partial charge in [0.2, 0.25) is 0 Å². The Kier molecular flexibility index (Phi) is 3.66. The quantitative estimate of drug-likeness (QED) is 0.642. The monoisotopic (exact) mass is 354 g/mol. The van der Waals surface area contributed by atoms with Gasteiger partial charge >= 0.3 is 5.97 Å². The molecule has 2 saturated heterocycles. The van der Waals surface area contributed by atoms with Crippen LogP contribution in [0.1, 0.15) is 25.3 Å². The number of aliphatic hydroxyl groups is 1. The minimum absolute atomic E-state index is 0.0775. The zero-order valence-electron chi connectivity index (χ0n) is 15.1. The summed E-state index contributed by atoms with van der Waals surface area (Å²) in [4.78, 5) is 14.1. The minimum Gasteiger partial charge on any atom is -0.465 e. The first-order valence-corrected chi connectivity index (χ1v) is 9.68. The van der Waals surface area contributed by atoms with E-state index in [1.54, 1.807) is 0 Å². The summed E-state index contributed by atoms with van der Waals surface area (Å²) in [5, 5.41) is 13.3. The zero-order valence-corrected chi connectivity index (χ0v) is 15.1. The number of anilines is 1.